The topological polar surface area (TPSA) is 18.5 Å². The van der Waals surface area contributed by atoms with Gasteiger partial charge in [0.05, 0.1) is 12.2 Å². The molecule has 4 heteroatoms. The number of benzene rings is 4. The van der Waals surface area contributed by atoms with E-state index in [-0.39, 0.29) is 22.3 Å². The lowest BCUT2D eigenvalue weighted by Crippen LogP contribution is -2.71. The molecule has 2 atom stereocenters. The van der Waals surface area contributed by atoms with Gasteiger partial charge in [0, 0.05) is 0 Å². The average Bonchev–Trinajstić information content (AvgIpc) is 3.00. The van der Waals surface area contributed by atoms with Crippen molar-refractivity contribution in [1.82, 2.24) is 0 Å². The fraction of sp³-hybridized carbons (Fsp3) is 0.316. The van der Waals surface area contributed by atoms with Crippen molar-refractivity contribution >= 4 is 37.4 Å². The second kappa shape index (κ2) is 12.3. The lowest BCUT2D eigenvalue weighted by atomic mass is 10.0. The molecule has 0 saturated heterocycles. The van der Waals surface area contributed by atoms with Gasteiger partial charge in [-0.15, -0.1) is 0 Å². The first-order chi connectivity index (χ1) is 20.1. The van der Waals surface area contributed by atoms with Crippen LogP contribution in [0.3, 0.4) is 0 Å². The van der Waals surface area contributed by atoms with E-state index >= 15 is 0 Å². The molecule has 0 aliphatic heterocycles. The minimum Gasteiger partial charge on any atom is -0.402 e. The minimum absolute atomic E-state index is 0.0667. The van der Waals surface area contributed by atoms with Gasteiger partial charge < -0.3 is 8.85 Å². The quantitative estimate of drug-likeness (QED) is 0.159. The molecule has 0 fully saturated rings. The monoisotopic (exact) mass is 590 g/mol. The van der Waals surface area contributed by atoms with Gasteiger partial charge in [-0.05, 0) is 43.7 Å². The molecule has 0 N–H and O–H groups in total. The van der Waals surface area contributed by atoms with Crippen LogP contribution >= 0.6 is 0 Å². The van der Waals surface area contributed by atoms with E-state index in [1.807, 2.05) is 0 Å². The zero-order valence-corrected chi connectivity index (χ0v) is 28.1. The zero-order valence-electron chi connectivity index (χ0n) is 26.1. The summed E-state index contributed by atoms with van der Waals surface area (Å²) in [7, 11) is -5.51. The molecule has 2 nitrogen and oxygen atoms in total. The summed E-state index contributed by atoms with van der Waals surface area (Å²) in [6, 6.07) is 43.9. The summed E-state index contributed by atoms with van der Waals surface area (Å²) >= 11 is 0. The van der Waals surface area contributed by atoms with Gasteiger partial charge in [0.2, 0.25) is 0 Å². The van der Waals surface area contributed by atoms with Crippen molar-refractivity contribution in [1.29, 1.82) is 0 Å². The first kappa shape index (κ1) is 30.4. The molecule has 0 aromatic heterocycles. The summed E-state index contributed by atoms with van der Waals surface area (Å²) in [5, 5.41) is 5.03. The van der Waals surface area contributed by atoms with Gasteiger partial charge in [-0.1, -0.05) is 175 Å². The minimum atomic E-state index is -2.76. The number of hydrogen-bond acceptors (Lipinski definition) is 2. The highest BCUT2D eigenvalue weighted by Crippen LogP contribution is 2.42. The van der Waals surface area contributed by atoms with Crippen LogP contribution in [0.25, 0.3) is 0 Å². The Balaban J connectivity index is 1.66. The van der Waals surface area contributed by atoms with Crippen molar-refractivity contribution in [3.05, 3.63) is 133 Å². The third-order valence-corrected chi connectivity index (χ3v) is 18.9. The van der Waals surface area contributed by atoms with Crippen molar-refractivity contribution < 1.29 is 8.85 Å². The van der Waals surface area contributed by atoms with Gasteiger partial charge in [-0.3, -0.25) is 0 Å². The Bertz CT molecular complexity index is 1250. The van der Waals surface area contributed by atoms with E-state index in [1.165, 1.54) is 20.7 Å². The molecule has 218 valence electrons. The van der Waals surface area contributed by atoms with E-state index in [0.717, 1.165) is 12.8 Å². The fourth-order valence-electron chi connectivity index (χ4n) is 6.85. The van der Waals surface area contributed by atoms with Gasteiger partial charge in [0.1, 0.15) is 0 Å². The van der Waals surface area contributed by atoms with Crippen LogP contribution in [0, 0.1) is 0 Å². The maximum Gasteiger partial charge on any atom is 0.261 e. The Morgan fingerprint density at radius 3 is 0.881 bits per heavy atom. The van der Waals surface area contributed by atoms with E-state index in [1.54, 1.807) is 0 Å². The maximum atomic E-state index is 7.74. The maximum absolute atomic E-state index is 7.74. The molecule has 0 unspecified atom stereocenters. The van der Waals surface area contributed by atoms with Crippen molar-refractivity contribution in [3.63, 3.8) is 0 Å². The normalized spacial score (nSPS) is 18.1. The first-order valence-electron chi connectivity index (χ1n) is 15.3. The van der Waals surface area contributed by atoms with Gasteiger partial charge in [0.25, 0.3) is 16.6 Å². The Morgan fingerprint density at radius 1 is 0.429 bits per heavy atom. The highest BCUT2D eigenvalue weighted by Gasteiger charge is 2.55. The highest BCUT2D eigenvalue weighted by molar-refractivity contribution is 7.00. The Labute approximate surface area is 255 Å². The Morgan fingerprint density at radius 2 is 0.667 bits per heavy atom. The second-order valence-electron chi connectivity index (χ2n) is 13.6. The molecule has 0 heterocycles. The van der Waals surface area contributed by atoms with Crippen molar-refractivity contribution in [2.75, 3.05) is 0 Å². The van der Waals surface area contributed by atoms with Crippen molar-refractivity contribution in [2.45, 2.75) is 76.7 Å². The zero-order chi connectivity index (χ0) is 29.8. The molecular formula is C38H46O2Si2. The van der Waals surface area contributed by atoms with Crippen LogP contribution in [0.1, 0.15) is 54.4 Å². The van der Waals surface area contributed by atoms with Crippen LogP contribution in [0.4, 0.5) is 0 Å². The van der Waals surface area contributed by atoms with Crippen LogP contribution in [0.2, 0.25) is 10.1 Å². The average molecular weight is 591 g/mol. The summed E-state index contributed by atoms with van der Waals surface area (Å²) in [5.74, 6) is 0. The van der Waals surface area contributed by atoms with E-state index in [0.29, 0.717) is 0 Å². The van der Waals surface area contributed by atoms with Gasteiger partial charge >= 0.3 is 0 Å². The second-order valence-corrected chi connectivity index (χ2v) is 22.1. The van der Waals surface area contributed by atoms with Crippen LogP contribution in [-0.2, 0) is 8.85 Å². The third-order valence-electron chi connectivity index (χ3n) is 8.81. The van der Waals surface area contributed by atoms with Gasteiger partial charge in [-0.25, -0.2) is 0 Å². The molecule has 1 aliphatic carbocycles. The summed E-state index contributed by atoms with van der Waals surface area (Å²) < 4.78 is 15.5. The molecule has 5 rings (SSSR count). The molecule has 4 aromatic rings. The fourth-order valence-corrected chi connectivity index (χ4v) is 16.3. The summed E-state index contributed by atoms with van der Waals surface area (Å²) in [6.07, 6.45) is 6.15. The van der Waals surface area contributed by atoms with E-state index < -0.39 is 16.6 Å². The highest BCUT2D eigenvalue weighted by atomic mass is 28.4. The smallest absolute Gasteiger partial charge is 0.261 e. The van der Waals surface area contributed by atoms with E-state index in [9.17, 15) is 0 Å². The molecule has 42 heavy (non-hydrogen) atoms. The van der Waals surface area contributed by atoms with Crippen molar-refractivity contribution in [3.8, 4) is 0 Å². The molecule has 0 radical (unpaired) electrons. The van der Waals surface area contributed by atoms with Crippen LogP contribution in [0.5, 0.6) is 0 Å². The van der Waals surface area contributed by atoms with Crippen LogP contribution in [0.15, 0.2) is 133 Å². The van der Waals surface area contributed by atoms with Crippen molar-refractivity contribution in [2.24, 2.45) is 0 Å². The molecule has 4 aromatic carbocycles. The molecule has 1 aliphatic rings. The predicted molar refractivity (Wildman–Crippen MR) is 183 cm³/mol. The van der Waals surface area contributed by atoms with Gasteiger partial charge in [0.15, 0.2) is 0 Å². The summed E-state index contributed by atoms with van der Waals surface area (Å²) in [4.78, 5) is 0. The molecule has 0 saturated carbocycles. The Kier molecular flexibility index (Phi) is 8.91. The lowest BCUT2D eigenvalue weighted by Gasteiger charge is -2.50. The van der Waals surface area contributed by atoms with Crippen LogP contribution in [-0.4, -0.2) is 28.8 Å². The largest absolute Gasteiger partial charge is 0.402 e. The summed E-state index contributed by atoms with van der Waals surface area (Å²) in [5.41, 5.74) is 0. The SMILES string of the molecule is CC(C)(C)[Si](O[C@H]1CC=CC[C@H]1O[Si](c1ccccc1)(c1ccccc1)C(C)(C)C)(c1ccccc1)c1ccccc1. The third kappa shape index (κ3) is 5.66. The molecule has 0 spiro atoms. The summed E-state index contributed by atoms with van der Waals surface area (Å²) in [6.45, 7) is 14.1. The first-order valence-corrected chi connectivity index (χ1v) is 19.1. The van der Waals surface area contributed by atoms with Gasteiger partial charge in [-0.2, -0.15) is 0 Å². The molecule has 0 bridgehead atoms. The van der Waals surface area contributed by atoms with Crippen LogP contribution < -0.4 is 20.7 Å². The Hall–Kier alpha value is -3.03. The number of rotatable bonds is 8. The predicted octanol–water partition coefficient (Wildman–Crippen LogP) is 7.23. The standard InChI is InChI=1S/C38H46O2Si2/c1-37(2,3)41(31-21-11-7-12-22-31,32-23-13-8-14-24-32)39-35-29-19-20-30-36(35)40-42(38(4,5)6,33-25-15-9-16-26-33)34-27-17-10-18-28-34/h7-28,35-36H,29-30H2,1-6H3/t35-,36+. The van der Waals surface area contributed by atoms with E-state index in [2.05, 4.69) is 175 Å². The lowest BCUT2D eigenvalue weighted by molar-refractivity contribution is 0.0397. The molecule has 0 amide bonds. The van der Waals surface area contributed by atoms with E-state index in [4.69, 9.17) is 8.85 Å². The molecular weight excluding hydrogens is 545 g/mol. The number of hydrogen-bond donors (Lipinski definition) is 0.